The van der Waals surface area contributed by atoms with Crippen LogP contribution in [0.15, 0.2) is 18.2 Å². The minimum Gasteiger partial charge on any atom is -0.394 e. The summed E-state index contributed by atoms with van der Waals surface area (Å²) in [5.41, 5.74) is 1.67. The zero-order valence-electron chi connectivity index (χ0n) is 11.4. The van der Waals surface area contributed by atoms with Crippen LogP contribution < -0.4 is 5.32 Å². The number of rotatable bonds is 4. The first kappa shape index (κ1) is 15.3. The molecule has 0 aliphatic carbocycles. The number of aliphatic hydroxyl groups excluding tert-OH is 1. The Bertz CT molecular complexity index is 481. The van der Waals surface area contributed by atoms with Gasteiger partial charge < -0.3 is 15.2 Å². The number of benzene rings is 1. The van der Waals surface area contributed by atoms with E-state index < -0.39 is 0 Å². The Balaban J connectivity index is 1.87. The van der Waals surface area contributed by atoms with E-state index in [9.17, 15) is 4.79 Å². The molecule has 0 radical (unpaired) electrons. The number of ether oxygens (including phenoxy) is 1. The van der Waals surface area contributed by atoms with E-state index >= 15 is 0 Å². The number of halogens is 1. The summed E-state index contributed by atoms with van der Waals surface area (Å²) in [5, 5.41) is 12.5. The van der Waals surface area contributed by atoms with Gasteiger partial charge in [-0.25, -0.2) is 0 Å². The summed E-state index contributed by atoms with van der Waals surface area (Å²) < 4.78 is 5.35. The first-order chi connectivity index (χ1) is 9.58. The molecule has 1 aromatic rings. The Kier molecular flexibility index (Phi) is 5.37. The zero-order valence-corrected chi connectivity index (χ0v) is 12.2. The molecule has 1 amide bonds. The highest BCUT2D eigenvalue weighted by Crippen LogP contribution is 2.19. The van der Waals surface area contributed by atoms with E-state index in [0.717, 1.165) is 5.56 Å². The van der Waals surface area contributed by atoms with Crippen molar-refractivity contribution in [2.45, 2.75) is 13.0 Å². The number of nitrogens with zero attached hydrogens (tertiary/aromatic N) is 1. The predicted molar refractivity (Wildman–Crippen MR) is 78.1 cm³/mol. The van der Waals surface area contributed by atoms with Crippen LogP contribution in [0.25, 0.3) is 0 Å². The summed E-state index contributed by atoms with van der Waals surface area (Å²) in [6, 6.07) is 5.44. The Morgan fingerprint density at radius 3 is 3.10 bits per heavy atom. The van der Waals surface area contributed by atoms with Gasteiger partial charge in [-0.1, -0.05) is 17.7 Å². The highest BCUT2D eigenvalue weighted by atomic mass is 35.5. The quantitative estimate of drug-likeness (QED) is 0.879. The number of aliphatic hydroxyl groups is 1. The van der Waals surface area contributed by atoms with E-state index in [4.69, 9.17) is 21.4 Å². The molecule has 1 aromatic carbocycles. The van der Waals surface area contributed by atoms with Crippen molar-refractivity contribution in [2.75, 3.05) is 38.2 Å². The maximum absolute atomic E-state index is 12.0. The number of hydrogen-bond donors (Lipinski definition) is 2. The molecule has 1 fully saturated rings. The van der Waals surface area contributed by atoms with Crippen LogP contribution >= 0.6 is 11.6 Å². The lowest BCUT2D eigenvalue weighted by Crippen LogP contribution is -2.46. The molecule has 1 atom stereocenters. The van der Waals surface area contributed by atoms with Gasteiger partial charge in [-0.05, 0) is 24.6 Å². The van der Waals surface area contributed by atoms with Gasteiger partial charge in [-0.3, -0.25) is 9.69 Å². The van der Waals surface area contributed by atoms with Gasteiger partial charge in [0.05, 0.1) is 25.9 Å². The van der Waals surface area contributed by atoms with Gasteiger partial charge in [-0.2, -0.15) is 0 Å². The highest BCUT2D eigenvalue weighted by Gasteiger charge is 2.21. The smallest absolute Gasteiger partial charge is 0.238 e. The van der Waals surface area contributed by atoms with Crippen molar-refractivity contribution in [3.63, 3.8) is 0 Å². The minimum absolute atomic E-state index is 0.0221. The van der Waals surface area contributed by atoms with Gasteiger partial charge in [0.1, 0.15) is 0 Å². The topological polar surface area (TPSA) is 61.8 Å². The molecule has 0 spiro atoms. The van der Waals surface area contributed by atoms with Crippen LogP contribution in [0.1, 0.15) is 5.56 Å². The molecule has 20 heavy (non-hydrogen) atoms. The Labute approximate surface area is 123 Å². The molecule has 1 heterocycles. The van der Waals surface area contributed by atoms with E-state index in [1.54, 1.807) is 6.07 Å². The van der Waals surface area contributed by atoms with Crippen molar-refractivity contribution >= 4 is 23.2 Å². The third kappa shape index (κ3) is 4.18. The third-order valence-electron chi connectivity index (χ3n) is 3.25. The maximum atomic E-state index is 12.0. The second-order valence-electron chi connectivity index (χ2n) is 4.92. The van der Waals surface area contributed by atoms with Crippen molar-refractivity contribution < 1.29 is 14.6 Å². The van der Waals surface area contributed by atoms with Crippen LogP contribution in [0.4, 0.5) is 5.69 Å². The van der Waals surface area contributed by atoms with Crippen LogP contribution in [0.5, 0.6) is 0 Å². The van der Waals surface area contributed by atoms with Crippen LogP contribution in [0.2, 0.25) is 5.02 Å². The standard InChI is InChI=1S/C14H19ClN2O3/c1-10-2-3-11(6-13(10)15)16-14(19)8-17-4-5-20-12(7-17)9-18/h2-3,6,12,18H,4-5,7-9H2,1H3,(H,16,19). The van der Waals surface area contributed by atoms with Crippen molar-refractivity contribution in [2.24, 2.45) is 0 Å². The van der Waals surface area contributed by atoms with Crippen LogP contribution in [0.3, 0.4) is 0 Å². The van der Waals surface area contributed by atoms with Gasteiger partial charge >= 0.3 is 0 Å². The van der Waals surface area contributed by atoms with E-state index in [-0.39, 0.29) is 25.2 Å². The molecule has 1 aliphatic rings. The SMILES string of the molecule is Cc1ccc(NC(=O)CN2CCOC(CO)C2)cc1Cl. The molecule has 1 aliphatic heterocycles. The Morgan fingerprint density at radius 2 is 2.40 bits per heavy atom. The molecule has 5 nitrogen and oxygen atoms in total. The van der Waals surface area contributed by atoms with E-state index in [2.05, 4.69) is 5.32 Å². The lowest BCUT2D eigenvalue weighted by atomic mass is 10.2. The molecule has 1 unspecified atom stereocenters. The molecule has 110 valence electrons. The second-order valence-corrected chi connectivity index (χ2v) is 5.33. The lowest BCUT2D eigenvalue weighted by Gasteiger charge is -2.31. The van der Waals surface area contributed by atoms with E-state index in [1.165, 1.54) is 0 Å². The lowest BCUT2D eigenvalue weighted by molar-refractivity contribution is -0.120. The fraction of sp³-hybridized carbons (Fsp3) is 0.500. The fourth-order valence-corrected chi connectivity index (χ4v) is 2.29. The Hall–Kier alpha value is -1.14. The molecule has 6 heteroatoms. The molecule has 2 rings (SSSR count). The average Bonchev–Trinajstić information content (AvgIpc) is 2.43. The Morgan fingerprint density at radius 1 is 1.60 bits per heavy atom. The summed E-state index contributed by atoms with van der Waals surface area (Å²) in [6.45, 7) is 3.97. The molecular formula is C14H19ClN2O3. The molecule has 0 bridgehead atoms. The number of hydrogen-bond acceptors (Lipinski definition) is 4. The normalized spacial score (nSPS) is 19.9. The second kappa shape index (κ2) is 7.04. The van der Waals surface area contributed by atoms with Gasteiger partial charge in [0.25, 0.3) is 0 Å². The first-order valence-electron chi connectivity index (χ1n) is 6.59. The summed E-state index contributed by atoms with van der Waals surface area (Å²) in [6.07, 6.45) is -0.203. The van der Waals surface area contributed by atoms with Gasteiger partial charge in [0.15, 0.2) is 0 Å². The number of amides is 1. The molecular weight excluding hydrogens is 280 g/mol. The third-order valence-corrected chi connectivity index (χ3v) is 3.66. The summed E-state index contributed by atoms with van der Waals surface area (Å²) in [4.78, 5) is 13.9. The summed E-state index contributed by atoms with van der Waals surface area (Å²) in [5.74, 6) is -0.0940. The number of aryl methyl sites for hydroxylation is 1. The molecule has 2 N–H and O–H groups in total. The van der Waals surface area contributed by atoms with E-state index in [1.807, 2.05) is 24.0 Å². The maximum Gasteiger partial charge on any atom is 0.238 e. The number of anilines is 1. The van der Waals surface area contributed by atoms with Crippen LogP contribution in [-0.4, -0.2) is 54.9 Å². The zero-order chi connectivity index (χ0) is 14.5. The average molecular weight is 299 g/mol. The molecule has 0 saturated carbocycles. The minimum atomic E-state index is -0.203. The van der Waals surface area contributed by atoms with Crippen molar-refractivity contribution in [1.82, 2.24) is 4.90 Å². The molecule has 1 saturated heterocycles. The fourth-order valence-electron chi connectivity index (χ4n) is 2.11. The first-order valence-corrected chi connectivity index (χ1v) is 6.97. The monoisotopic (exact) mass is 298 g/mol. The molecule has 0 aromatic heterocycles. The number of morpholine rings is 1. The van der Waals surface area contributed by atoms with Crippen LogP contribution in [0, 0.1) is 6.92 Å². The number of carbonyl (C=O) groups is 1. The van der Waals surface area contributed by atoms with Gasteiger partial charge in [0, 0.05) is 23.8 Å². The summed E-state index contributed by atoms with van der Waals surface area (Å²) in [7, 11) is 0. The highest BCUT2D eigenvalue weighted by molar-refractivity contribution is 6.31. The van der Waals surface area contributed by atoms with E-state index in [0.29, 0.717) is 30.4 Å². The largest absolute Gasteiger partial charge is 0.394 e. The predicted octanol–water partition coefficient (Wildman–Crippen LogP) is 1.28. The van der Waals surface area contributed by atoms with Crippen molar-refractivity contribution in [3.05, 3.63) is 28.8 Å². The number of carbonyl (C=O) groups excluding carboxylic acids is 1. The van der Waals surface area contributed by atoms with Gasteiger partial charge in [-0.15, -0.1) is 0 Å². The summed E-state index contributed by atoms with van der Waals surface area (Å²) >= 11 is 6.02. The van der Waals surface area contributed by atoms with Crippen LogP contribution in [-0.2, 0) is 9.53 Å². The van der Waals surface area contributed by atoms with Gasteiger partial charge in [0.2, 0.25) is 5.91 Å². The van der Waals surface area contributed by atoms with Crippen molar-refractivity contribution in [1.29, 1.82) is 0 Å². The van der Waals surface area contributed by atoms with Crippen molar-refractivity contribution in [3.8, 4) is 0 Å². The number of nitrogens with one attached hydrogen (secondary N) is 1.